The minimum Gasteiger partial charge on any atom is -0.352 e. The van der Waals surface area contributed by atoms with Crippen molar-refractivity contribution < 1.29 is 4.79 Å². The highest BCUT2D eigenvalue weighted by Gasteiger charge is 2.25. The summed E-state index contributed by atoms with van der Waals surface area (Å²) in [5.41, 5.74) is 2.31. The normalized spacial score (nSPS) is 14.0. The first-order valence-electron chi connectivity index (χ1n) is 11.0. The van der Waals surface area contributed by atoms with Gasteiger partial charge in [0.05, 0.1) is 22.3 Å². The number of amides is 2. The smallest absolute Gasteiger partial charge is 0.321 e. The van der Waals surface area contributed by atoms with Crippen molar-refractivity contribution in [3.8, 4) is 5.69 Å². The maximum Gasteiger partial charge on any atom is 0.321 e. The molecular weight excluding hydrogens is 438 g/mol. The molecule has 0 atom stereocenters. The molecule has 3 heterocycles. The topological polar surface area (TPSA) is 79.2 Å². The molecule has 5 rings (SSSR count). The Morgan fingerprint density at radius 3 is 2.45 bits per heavy atom. The molecule has 0 spiro atoms. The highest BCUT2D eigenvalue weighted by molar-refractivity contribution is 6.32. The zero-order chi connectivity index (χ0) is 22.8. The zero-order valence-corrected chi connectivity index (χ0v) is 19.0. The number of fused-ring (bicyclic) bond motifs is 1. The molecule has 9 heteroatoms. The molecule has 1 aliphatic rings. The lowest BCUT2D eigenvalue weighted by atomic mass is 10.2. The van der Waals surface area contributed by atoms with E-state index in [9.17, 15) is 4.79 Å². The zero-order valence-electron chi connectivity index (χ0n) is 18.3. The van der Waals surface area contributed by atoms with E-state index in [1.165, 1.54) is 0 Å². The summed E-state index contributed by atoms with van der Waals surface area (Å²) >= 11 is 6.42. The van der Waals surface area contributed by atoms with Gasteiger partial charge in [-0.2, -0.15) is 5.10 Å². The number of nitrogens with zero attached hydrogens (tertiary/aromatic N) is 6. The molecule has 0 saturated carbocycles. The Morgan fingerprint density at radius 1 is 1.00 bits per heavy atom. The van der Waals surface area contributed by atoms with Crippen molar-refractivity contribution in [2.24, 2.45) is 0 Å². The highest BCUT2D eigenvalue weighted by Crippen LogP contribution is 2.29. The maximum absolute atomic E-state index is 12.7. The minimum absolute atomic E-state index is 0.0885. The summed E-state index contributed by atoms with van der Waals surface area (Å²) in [5, 5.41) is 9.01. The van der Waals surface area contributed by atoms with Crippen LogP contribution in [0.1, 0.15) is 12.7 Å². The Balaban J connectivity index is 1.39. The predicted octanol–water partition coefficient (Wildman–Crippen LogP) is 4.39. The van der Waals surface area contributed by atoms with Gasteiger partial charge in [-0.05, 0) is 24.3 Å². The third kappa shape index (κ3) is 4.21. The summed E-state index contributed by atoms with van der Waals surface area (Å²) in [6.45, 7) is 4.59. The first kappa shape index (κ1) is 21.2. The van der Waals surface area contributed by atoms with Gasteiger partial charge < -0.3 is 15.1 Å². The first-order chi connectivity index (χ1) is 16.1. The average molecular weight is 462 g/mol. The summed E-state index contributed by atoms with van der Waals surface area (Å²) in [4.78, 5) is 26.3. The van der Waals surface area contributed by atoms with Crippen LogP contribution in [-0.4, -0.2) is 56.9 Å². The molecule has 0 aliphatic carbocycles. The molecule has 0 bridgehead atoms. The van der Waals surface area contributed by atoms with E-state index in [0.29, 0.717) is 37.6 Å². The monoisotopic (exact) mass is 461 g/mol. The Hall–Kier alpha value is -3.65. The van der Waals surface area contributed by atoms with Crippen LogP contribution in [0.15, 0.2) is 60.8 Å². The minimum atomic E-state index is -0.0885. The van der Waals surface area contributed by atoms with Crippen LogP contribution in [0.4, 0.5) is 16.3 Å². The number of nitrogens with one attached hydrogen (secondary N) is 1. The average Bonchev–Trinajstić information content (AvgIpc) is 3.28. The molecule has 1 saturated heterocycles. The standard InChI is InChI=1S/C24H24ClN7O/c1-2-21-28-22(18-16-26-32(23(18)29-21)20-11-7-6-10-19(20)25)30-12-14-31(15-13-30)24(33)27-17-8-4-3-5-9-17/h3-11,16H,2,12-15H2,1H3,(H,27,33). The quantitative estimate of drug-likeness (QED) is 0.487. The van der Waals surface area contributed by atoms with Gasteiger partial charge in [-0.25, -0.2) is 19.4 Å². The number of urea groups is 1. The molecule has 1 fully saturated rings. The lowest BCUT2D eigenvalue weighted by Gasteiger charge is -2.35. The first-order valence-corrected chi connectivity index (χ1v) is 11.4. The molecular formula is C24H24ClN7O. The van der Waals surface area contributed by atoms with Crippen LogP contribution in [0.2, 0.25) is 5.02 Å². The predicted molar refractivity (Wildman–Crippen MR) is 130 cm³/mol. The third-order valence-corrected chi connectivity index (χ3v) is 6.06. The summed E-state index contributed by atoms with van der Waals surface area (Å²) in [5.74, 6) is 1.59. The number of hydrogen-bond acceptors (Lipinski definition) is 5. The van der Waals surface area contributed by atoms with Crippen molar-refractivity contribution in [2.45, 2.75) is 13.3 Å². The van der Waals surface area contributed by atoms with Gasteiger partial charge in [-0.3, -0.25) is 0 Å². The maximum atomic E-state index is 12.7. The molecule has 168 valence electrons. The second-order valence-electron chi connectivity index (χ2n) is 7.83. The Morgan fingerprint density at radius 2 is 1.73 bits per heavy atom. The second kappa shape index (κ2) is 9.07. The van der Waals surface area contributed by atoms with Crippen molar-refractivity contribution in [2.75, 3.05) is 36.4 Å². The van der Waals surface area contributed by atoms with Crippen molar-refractivity contribution >= 4 is 40.2 Å². The van der Waals surface area contributed by atoms with E-state index in [1.54, 1.807) is 10.9 Å². The largest absolute Gasteiger partial charge is 0.352 e. The number of carbonyl (C=O) groups is 1. The number of anilines is 2. The van der Waals surface area contributed by atoms with E-state index < -0.39 is 0 Å². The number of carbonyl (C=O) groups excluding carboxylic acids is 1. The number of benzene rings is 2. The van der Waals surface area contributed by atoms with Crippen LogP contribution in [-0.2, 0) is 6.42 Å². The number of para-hydroxylation sites is 2. The van der Waals surface area contributed by atoms with Crippen LogP contribution in [0.5, 0.6) is 0 Å². The molecule has 1 aliphatic heterocycles. The number of aryl methyl sites for hydroxylation is 1. The van der Waals surface area contributed by atoms with E-state index in [2.05, 4.69) is 15.3 Å². The molecule has 0 radical (unpaired) electrons. The summed E-state index contributed by atoms with van der Waals surface area (Å²) < 4.78 is 1.77. The van der Waals surface area contributed by atoms with Gasteiger partial charge in [-0.15, -0.1) is 0 Å². The Kier molecular flexibility index (Phi) is 5.83. The number of hydrogen-bond donors (Lipinski definition) is 1. The molecule has 33 heavy (non-hydrogen) atoms. The van der Waals surface area contributed by atoms with E-state index in [-0.39, 0.29) is 6.03 Å². The van der Waals surface area contributed by atoms with Crippen LogP contribution in [0, 0.1) is 0 Å². The van der Waals surface area contributed by atoms with Crippen molar-refractivity contribution in [1.29, 1.82) is 0 Å². The fraction of sp³-hybridized carbons (Fsp3) is 0.250. The number of aromatic nitrogens is 4. The van der Waals surface area contributed by atoms with Crippen LogP contribution >= 0.6 is 11.6 Å². The highest BCUT2D eigenvalue weighted by atomic mass is 35.5. The molecule has 1 N–H and O–H groups in total. The van der Waals surface area contributed by atoms with Gasteiger partial charge in [0.15, 0.2) is 5.65 Å². The van der Waals surface area contributed by atoms with Gasteiger partial charge in [0.25, 0.3) is 0 Å². The molecule has 8 nitrogen and oxygen atoms in total. The van der Waals surface area contributed by atoms with Gasteiger partial charge in [0.2, 0.25) is 0 Å². The fourth-order valence-electron chi connectivity index (χ4n) is 3.98. The summed E-state index contributed by atoms with van der Waals surface area (Å²) in [6.07, 6.45) is 2.50. The van der Waals surface area contributed by atoms with E-state index >= 15 is 0 Å². The number of piperazine rings is 1. The van der Waals surface area contributed by atoms with Crippen LogP contribution < -0.4 is 10.2 Å². The van der Waals surface area contributed by atoms with Crippen molar-refractivity contribution in [3.63, 3.8) is 0 Å². The Labute approximate surface area is 196 Å². The van der Waals surface area contributed by atoms with Crippen molar-refractivity contribution in [3.05, 3.63) is 71.6 Å². The Bertz CT molecular complexity index is 1280. The number of rotatable bonds is 4. The number of halogens is 1. The van der Waals surface area contributed by atoms with Gasteiger partial charge in [0.1, 0.15) is 11.6 Å². The van der Waals surface area contributed by atoms with Crippen LogP contribution in [0.3, 0.4) is 0 Å². The fourth-order valence-corrected chi connectivity index (χ4v) is 4.20. The van der Waals surface area contributed by atoms with Gasteiger partial charge in [-0.1, -0.05) is 48.9 Å². The van der Waals surface area contributed by atoms with Crippen LogP contribution in [0.25, 0.3) is 16.7 Å². The van der Waals surface area contributed by atoms with Gasteiger partial charge >= 0.3 is 6.03 Å². The van der Waals surface area contributed by atoms with Crippen molar-refractivity contribution in [1.82, 2.24) is 24.6 Å². The van der Waals surface area contributed by atoms with E-state index in [4.69, 9.17) is 21.6 Å². The molecule has 2 aromatic carbocycles. The lowest BCUT2D eigenvalue weighted by Crippen LogP contribution is -2.50. The second-order valence-corrected chi connectivity index (χ2v) is 8.24. The molecule has 2 amide bonds. The van der Waals surface area contributed by atoms with E-state index in [1.807, 2.05) is 66.4 Å². The summed E-state index contributed by atoms with van der Waals surface area (Å²) in [6, 6.07) is 17.0. The SMILES string of the molecule is CCc1nc(N2CCN(C(=O)Nc3ccccc3)CC2)c2cnn(-c3ccccc3Cl)c2n1. The van der Waals surface area contributed by atoms with E-state index in [0.717, 1.165) is 34.1 Å². The molecule has 4 aromatic rings. The lowest BCUT2D eigenvalue weighted by molar-refractivity contribution is 0.208. The summed E-state index contributed by atoms with van der Waals surface area (Å²) in [7, 11) is 0. The molecule has 0 unspecified atom stereocenters. The molecule has 2 aromatic heterocycles. The third-order valence-electron chi connectivity index (χ3n) is 5.74. The van der Waals surface area contributed by atoms with Gasteiger partial charge in [0, 0.05) is 38.3 Å².